The number of hydrogen-bond acceptors (Lipinski definition) is 4. The van der Waals surface area contributed by atoms with E-state index in [1.54, 1.807) is 11.8 Å². The Morgan fingerprint density at radius 2 is 2.11 bits per heavy atom. The molecule has 1 aromatic carbocycles. The molecule has 0 bridgehead atoms. The summed E-state index contributed by atoms with van der Waals surface area (Å²) in [5.41, 5.74) is -0.108. The molecule has 0 unspecified atom stereocenters. The molecule has 4 nitrogen and oxygen atoms in total. The molecule has 2 rings (SSSR count). The summed E-state index contributed by atoms with van der Waals surface area (Å²) in [6.07, 6.45) is 1.41. The number of rotatable bonds is 5. The van der Waals surface area contributed by atoms with Gasteiger partial charge in [-0.25, -0.2) is 4.98 Å². The summed E-state index contributed by atoms with van der Waals surface area (Å²) in [4.78, 5) is 19.2. The average Bonchev–Trinajstić information content (AvgIpc) is 2.40. The first-order chi connectivity index (χ1) is 8.77. The predicted octanol–water partition coefficient (Wildman–Crippen LogP) is 2.58. The SMILES string of the molecule is O=c1[nH]cnc(NCCSc2ccccc2)c1I. The van der Waals surface area contributed by atoms with Gasteiger partial charge in [0.2, 0.25) is 0 Å². The fourth-order valence-corrected chi connectivity index (χ4v) is 2.64. The topological polar surface area (TPSA) is 57.8 Å². The summed E-state index contributed by atoms with van der Waals surface area (Å²) in [5.74, 6) is 1.57. The normalized spacial score (nSPS) is 10.3. The van der Waals surface area contributed by atoms with Crippen LogP contribution in [0.1, 0.15) is 0 Å². The van der Waals surface area contributed by atoms with E-state index in [4.69, 9.17) is 0 Å². The third-order valence-corrected chi connectivity index (χ3v) is 4.22. The first-order valence-electron chi connectivity index (χ1n) is 5.42. The van der Waals surface area contributed by atoms with Crippen LogP contribution in [0.15, 0.2) is 46.3 Å². The highest BCUT2D eigenvalue weighted by atomic mass is 127. The van der Waals surface area contributed by atoms with Crippen molar-refractivity contribution >= 4 is 40.2 Å². The van der Waals surface area contributed by atoms with Crippen LogP contribution in [0.2, 0.25) is 0 Å². The van der Waals surface area contributed by atoms with Crippen LogP contribution in [0.3, 0.4) is 0 Å². The monoisotopic (exact) mass is 373 g/mol. The number of benzene rings is 1. The van der Waals surface area contributed by atoms with Gasteiger partial charge in [-0.05, 0) is 34.7 Å². The van der Waals surface area contributed by atoms with E-state index in [0.29, 0.717) is 9.39 Å². The lowest BCUT2D eigenvalue weighted by Crippen LogP contribution is -2.16. The minimum absolute atomic E-state index is 0.108. The van der Waals surface area contributed by atoms with E-state index in [1.807, 2.05) is 40.8 Å². The number of hydrogen-bond donors (Lipinski definition) is 2. The molecule has 18 heavy (non-hydrogen) atoms. The summed E-state index contributed by atoms with van der Waals surface area (Å²) >= 11 is 3.76. The molecule has 0 amide bonds. The zero-order valence-electron chi connectivity index (χ0n) is 9.52. The number of nitrogens with one attached hydrogen (secondary N) is 2. The minimum Gasteiger partial charge on any atom is -0.368 e. The fourth-order valence-electron chi connectivity index (χ4n) is 1.36. The van der Waals surface area contributed by atoms with Crippen LogP contribution < -0.4 is 10.9 Å². The Morgan fingerprint density at radius 3 is 2.89 bits per heavy atom. The number of thioether (sulfide) groups is 1. The molecule has 0 spiro atoms. The Morgan fingerprint density at radius 1 is 1.33 bits per heavy atom. The molecule has 94 valence electrons. The molecule has 0 saturated heterocycles. The van der Waals surface area contributed by atoms with Gasteiger partial charge in [-0.3, -0.25) is 4.79 Å². The van der Waals surface area contributed by atoms with Gasteiger partial charge in [-0.2, -0.15) is 0 Å². The van der Waals surface area contributed by atoms with Crippen molar-refractivity contribution in [2.45, 2.75) is 4.90 Å². The molecule has 1 heterocycles. The van der Waals surface area contributed by atoms with Gasteiger partial charge >= 0.3 is 0 Å². The first kappa shape index (κ1) is 13.4. The molecule has 2 aromatic rings. The summed E-state index contributed by atoms with van der Waals surface area (Å²) in [5, 5.41) is 3.16. The number of H-pyrrole nitrogens is 1. The maximum atomic E-state index is 11.3. The second kappa shape index (κ2) is 6.79. The Kier molecular flexibility index (Phi) is 5.06. The Bertz CT molecular complexity index is 559. The maximum absolute atomic E-state index is 11.3. The van der Waals surface area contributed by atoms with Crippen LogP contribution in [-0.4, -0.2) is 22.3 Å². The summed E-state index contributed by atoms with van der Waals surface area (Å²) in [6, 6.07) is 10.2. The van der Waals surface area contributed by atoms with Crippen molar-refractivity contribution in [2.75, 3.05) is 17.6 Å². The Hall–Kier alpha value is -1.02. The molecular weight excluding hydrogens is 361 g/mol. The Balaban J connectivity index is 1.82. The average molecular weight is 373 g/mol. The third-order valence-electron chi connectivity index (χ3n) is 2.20. The van der Waals surface area contributed by atoms with Crippen molar-refractivity contribution in [1.29, 1.82) is 0 Å². The predicted molar refractivity (Wildman–Crippen MR) is 83.2 cm³/mol. The molecule has 0 atom stereocenters. The number of anilines is 1. The van der Waals surface area contributed by atoms with Gasteiger partial charge in [0.15, 0.2) is 0 Å². The summed E-state index contributed by atoms with van der Waals surface area (Å²) < 4.78 is 0.597. The zero-order chi connectivity index (χ0) is 12.8. The lowest BCUT2D eigenvalue weighted by Gasteiger charge is -2.06. The van der Waals surface area contributed by atoms with Gasteiger partial charge in [0.25, 0.3) is 5.56 Å². The van der Waals surface area contributed by atoms with Gasteiger partial charge in [-0.15, -0.1) is 11.8 Å². The van der Waals surface area contributed by atoms with Gasteiger partial charge in [0.1, 0.15) is 9.39 Å². The fraction of sp³-hybridized carbons (Fsp3) is 0.167. The van der Waals surface area contributed by atoms with E-state index in [2.05, 4.69) is 27.4 Å². The lowest BCUT2D eigenvalue weighted by molar-refractivity contribution is 1.07. The number of aromatic amines is 1. The van der Waals surface area contributed by atoms with Gasteiger partial charge in [0.05, 0.1) is 6.33 Å². The van der Waals surface area contributed by atoms with Crippen molar-refractivity contribution in [3.05, 3.63) is 50.6 Å². The lowest BCUT2D eigenvalue weighted by atomic mass is 10.4. The van der Waals surface area contributed by atoms with Crippen LogP contribution in [0, 0.1) is 3.57 Å². The Labute approximate surface area is 123 Å². The van der Waals surface area contributed by atoms with Gasteiger partial charge < -0.3 is 10.3 Å². The molecule has 0 aliphatic heterocycles. The molecule has 0 radical (unpaired) electrons. The van der Waals surface area contributed by atoms with Crippen LogP contribution in [0.5, 0.6) is 0 Å². The van der Waals surface area contributed by atoms with E-state index < -0.39 is 0 Å². The van der Waals surface area contributed by atoms with Crippen LogP contribution in [0.4, 0.5) is 5.82 Å². The maximum Gasteiger partial charge on any atom is 0.266 e. The van der Waals surface area contributed by atoms with E-state index in [0.717, 1.165) is 12.3 Å². The molecule has 1 aromatic heterocycles. The minimum atomic E-state index is -0.108. The first-order valence-corrected chi connectivity index (χ1v) is 7.48. The van der Waals surface area contributed by atoms with E-state index in [-0.39, 0.29) is 5.56 Å². The largest absolute Gasteiger partial charge is 0.368 e. The highest BCUT2D eigenvalue weighted by Crippen LogP contribution is 2.16. The summed E-state index contributed by atoms with van der Waals surface area (Å²) in [6.45, 7) is 0.770. The van der Waals surface area contributed by atoms with Crippen molar-refractivity contribution in [3.63, 3.8) is 0 Å². The van der Waals surface area contributed by atoms with Crippen LogP contribution in [0.25, 0.3) is 0 Å². The molecule has 0 saturated carbocycles. The van der Waals surface area contributed by atoms with Crippen LogP contribution in [-0.2, 0) is 0 Å². The molecule has 2 N–H and O–H groups in total. The van der Waals surface area contributed by atoms with Crippen LogP contribution >= 0.6 is 34.4 Å². The zero-order valence-corrected chi connectivity index (χ0v) is 12.5. The highest BCUT2D eigenvalue weighted by Gasteiger charge is 2.03. The molecule has 6 heteroatoms. The third kappa shape index (κ3) is 3.74. The van der Waals surface area contributed by atoms with Crippen molar-refractivity contribution in [3.8, 4) is 0 Å². The number of halogens is 1. The van der Waals surface area contributed by atoms with E-state index >= 15 is 0 Å². The quantitative estimate of drug-likeness (QED) is 0.481. The molecule has 0 fully saturated rings. The standard InChI is InChI=1S/C12H12IN3OS/c13-10-11(15-8-16-12(10)17)14-6-7-18-9-4-2-1-3-5-9/h1-5,8H,6-7H2,(H2,14,15,16,17). The van der Waals surface area contributed by atoms with Gasteiger partial charge in [0, 0.05) is 17.2 Å². The van der Waals surface area contributed by atoms with Gasteiger partial charge in [-0.1, -0.05) is 18.2 Å². The highest BCUT2D eigenvalue weighted by molar-refractivity contribution is 14.1. The molecule has 0 aliphatic rings. The number of aromatic nitrogens is 2. The number of nitrogens with zero attached hydrogens (tertiary/aromatic N) is 1. The summed E-state index contributed by atoms with van der Waals surface area (Å²) in [7, 11) is 0. The van der Waals surface area contributed by atoms with Crippen molar-refractivity contribution in [1.82, 2.24) is 9.97 Å². The van der Waals surface area contributed by atoms with E-state index in [1.165, 1.54) is 11.2 Å². The second-order valence-corrected chi connectivity index (χ2v) is 5.73. The second-order valence-electron chi connectivity index (χ2n) is 3.48. The smallest absolute Gasteiger partial charge is 0.266 e. The van der Waals surface area contributed by atoms with Crippen molar-refractivity contribution < 1.29 is 0 Å². The molecule has 0 aliphatic carbocycles. The molecular formula is C12H12IN3OS. The van der Waals surface area contributed by atoms with Crippen molar-refractivity contribution in [2.24, 2.45) is 0 Å². The van der Waals surface area contributed by atoms with E-state index in [9.17, 15) is 4.79 Å².